The third-order valence-electron chi connectivity index (χ3n) is 15.2. The Bertz CT molecular complexity index is 3580. The van der Waals surface area contributed by atoms with Crippen molar-refractivity contribution in [1.82, 2.24) is 4.57 Å². The van der Waals surface area contributed by atoms with Crippen LogP contribution >= 0.6 is 0 Å². The van der Waals surface area contributed by atoms with Crippen molar-refractivity contribution < 1.29 is 0 Å². The lowest BCUT2D eigenvalue weighted by Crippen LogP contribution is -2.33. The van der Waals surface area contributed by atoms with Crippen LogP contribution < -0.4 is 0 Å². The molecule has 0 fully saturated rings. The van der Waals surface area contributed by atoms with Crippen LogP contribution in [0.1, 0.15) is 68.9 Å². The number of aliphatic imine (C=N–C) groups is 1. The van der Waals surface area contributed by atoms with Gasteiger partial charge in [0, 0.05) is 39.0 Å². The van der Waals surface area contributed by atoms with Gasteiger partial charge in [0.15, 0.2) is 0 Å². The summed E-state index contributed by atoms with van der Waals surface area (Å²) in [7, 11) is 0. The molecule has 2 atom stereocenters. The minimum Gasteiger partial charge on any atom is -0.297 e. The second kappa shape index (κ2) is 12.2. The summed E-state index contributed by atoms with van der Waals surface area (Å²) in [6, 6.07) is 53.1. The fraction of sp³-hybridized carbons (Fsp3) is 0.169. The number of benzene rings is 8. The van der Waals surface area contributed by atoms with Crippen LogP contribution in [0.3, 0.4) is 0 Å². The maximum absolute atomic E-state index is 5.99. The van der Waals surface area contributed by atoms with E-state index in [2.05, 4.69) is 203 Å². The van der Waals surface area contributed by atoms with Gasteiger partial charge in [0.2, 0.25) is 0 Å². The minimum atomic E-state index is -0.138. The highest BCUT2D eigenvalue weighted by atomic mass is 15.1. The number of hydrogen-bond acceptors (Lipinski definition) is 1. The maximum Gasteiger partial charge on any atom is 0.118 e. The summed E-state index contributed by atoms with van der Waals surface area (Å²) >= 11 is 0. The van der Waals surface area contributed by atoms with Crippen molar-refractivity contribution in [3.05, 3.63) is 197 Å². The van der Waals surface area contributed by atoms with Crippen LogP contribution in [-0.4, -0.2) is 10.4 Å². The van der Waals surface area contributed by atoms with Gasteiger partial charge in [-0.2, -0.15) is 0 Å². The number of hydrogen-bond donors (Lipinski definition) is 0. The molecule has 3 aliphatic carbocycles. The zero-order chi connectivity index (χ0) is 40.9. The fourth-order valence-corrected chi connectivity index (χ4v) is 12.2. The van der Waals surface area contributed by atoms with Crippen molar-refractivity contribution in [2.75, 3.05) is 0 Å². The molecule has 0 saturated carbocycles. The highest BCUT2D eigenvalue weighted by molar-refractivity contribution is 6.30. The SMILES string of the molecule is CCC1C(n2c3cc4c(cc3c3cc5c6ccccc6c6ccccc6c5cc32)-c2ccccc2C4(C)C)=NC(c2ccc3c(c2)C(C)(C)c2ccccc2-3)=C2C=CC=CC21. The molecule has 0 N–H and O–H groups in total. The largest absolute Gasteiger partial charge is 0.297 e. The van der Waals surface area contributed by atoms with E-state index in [-0.39, 0.29) is 22.7 Å². The van der Waals surface area contributed by atoms with Crippen LogP contribution in [0, 0.1) is 11.8 Å². The Morgan fingerprint density at radius 1 is 0.492 bits per heavy atom. The van der Waals surface area contributed by atoms with Gasteiger partial charge < -0.3 is 0 Å². The quantitative estimate of drug-likeness (QED) is 0.155. The van der Waals surface area contributed by atoms with Crippen molar-refractivity contribution in [2.45, 2.75) is 51.9 Å². The van der Waals surface area contributed by atoms with Crippen molar-refractivity contribution in [3.8, 4) is 22.3 Å². The molecule has 2 nitrogen and oxygen atoms in total. The molecule has 9 aromatic rings. The van der Waals surface area contributed by atoms with E-state index in [1.54, 1.807) is 0 Å². The third kappa shape index (κ3) is 4.55. The van der Waals surface area contributed by atoms with E-state index in [0.29, 0.717) is 0 Å². The second-order valence-corrected chi connectivity index (χ2v) is 18.9. The van der Waals surface area contributed by atoms with E-state index in [1.807, 2.05) is 0 Å². The Labute approximate surface area is 356 Å². The Morgan fingerprint density at radius 2 is 1.03 bits per heavy atom. The van der Waals surface area contributed by atoms with Crippen LogP contribution in [-0.2, 0) is 10.8 Å². The number of nitrogens with zero attached hydrogens (tertiary/aromatic N) is 2. The summed E-state index contributed by atoms with van der Waals surface area (Å²) in [5.74, 6) is 1.51. The molecule has 4 aliphatic rings. The molecule has 2 heterocycles. The van der Waals surface area contributed by atoms with Gasteiger partial charge in [0.05, 0.1) is 16.7 Å². The summed E-state index contributed by atoms with van der Waals surface area (Å²) < 4.78 is 2.59. The van der Waals surface area contributed by atoms with Gasteiger partial charge >= 0.3 is 0 Å². The first-order valence-corrected chi connectivity index (χ1v) is 22.1. The third-order valence-corrected chi connectivity index (χ3v) is 15.2. The van der Waals surface area contributed by atoms with Crippen LogP contribution in [0.25, 0.3) is 82.1 Å². The smallest absolute Gasteiger partial charge is 0.118 e. The van der Waals surface area contributed by atoms with Gasteiger partial charge in [0.25, 0.3) is 0 Å². The summed E-state index contributed by atoms with van der Waals surface area (Å²) in [6.45, 7) is 11.9. The first kappa shape index (κ1) is 35.0. The van der Waals surface area contributed by atoms with Crippen molar-refractivity contribution in [2.24, 2.45) is 16.8 Å². The molecule has 0 radical (unpaired) electrons. The van der Waals surface area contributed by atoms with E-state index in [0.717, 1.165) is 18.0 Å². The average Bonchev–Trinajstić information content (AvgIpc) is 3.82. The lowest BCUT2D eigenvalue weighted by molar-refractivity contribution is 0.538. The van der Waals surface area contributed by atoms with Gasteiger partial charge in [-0.1, -0.05) is 168 Å². The lowest BCUT2D eigenvalue weighted by Gasteiger charge is -2.34. The van der Waals surface area contributed by atoms with E-state index < -0.39 is 0 Å². The van der Waals surface area contributed by atoms with Gasteiger partial charge in [-0.15, -0.1) is 0 Å². The van der Waals surface area contributed by atoms with Crippen molar-refractivity contribution in [1.29, 1.82) is 0 Å². The zero-order valence-electron chi connectivity index (χ0n) is 35.3. The lowest BCUT2D eigenvalue weighted by atomic mass is 9.76. The first-order chi connectivity index (χ1) is 29.7. The van der Waals surface area contributed by atoms with E-state index >= 15 is 0 Å². The predicted octanol–water partition coefficient (Wildman–Crippen LogP) is 15.3. The Morgan fingerprint density at radius 3 is 1.70 bits per heavy atom. The molecule has 0 bridgehead atoms. The van der Waals surface area contributed by atoms with Crippen molar-refractivity contribution >= 4 is 65.7 Å². The molecule has 1 aromatic heterocycles. The molecule has 2 heteroatoms. The summed E-state index contributed by atoms with van der Waals surface area (Å²) in [6.07, 6.45) is 10.2. The van der Waals surface area contributed by atoms with Crippen LogP contribution in [0.5, 0.6) is 0 Å². The standard InChI is InChI=1S/C59H46N2/c1-6-35-36-17-11-12-24-44(36)56(34-27-28-43-41-22-13-15-25-50(41)58(2,3)52(43)29-34)60-57(35)61-54-32-46-40-21-10-8-19-38(40)37-18-7-9-20-39(37)45(46)30-48(54)49-31-47-42-23-14-16-26-51(42)59(4,5)53(47)33-55(49)61/h7-33,35-36H,6H2,1-5H3. The highest BCUT2D eigenvalue weighted by Gasteiger charge is 2.40. The normalized spacial score (nSPS) is 19.1. The van der Waals surface area contributed by atoms with Gasteiger partial charge in [-0.05, 0) is 119 Å². The molecule has 292 valence electrons. The average molecular weight is 783 g/mol. The molecule has 1 aliphatic heterocycles. The topological polar surface area (TPSA) is 17.3 Å². The molecule has 61 heavy (non-hydrogen) atoms. The number of fused-ring (bicyclic) bond motifs is 16. The Hall–Kier alpha value is -6.77. The monoisotopic (exact) mass is 782 g/mol. The molecule has 8 aromatic carbocycles. The zero-order valence-corrected chi connectivity index (χ0v) is 35.3. The fourth-order valence-electron chi connectivity index (χ4n) is 12.2. The predicted molar refractivity (Wildman–Crippen MR) is 259 cm³/mol. The highest BCUT2D eigenvalue weighted by Crippen LogP contribution is 2.53. The molecule has 0 amide bonds. The first-order valence-electron chi connectivity index (χ1n) is 22.1. The molecular formula is C59H46N2. The molecule has 0 spiro atoms. The van der Waals surface area contributed by atoms with Gasteiger partial charge in [0.1, 0.15) is 5.84 Å². The number of rotatable bonds is 2. The Kier molecular flexibility index (Phi) is 6.99. The van der Waals surface area contributed by atoms with E-state index in [9.17, 15) is 0 Å². The van der Waals surface area contributed by atoms with Crippen LogP contribution in [0.4, 0.5) is 0 Å². The summed E-state index contributed by atoms with van der Waals surface area (Å²) in [4.78, 5) is 5.99. The van der Waals surface area contributed by atoms with Gasteiger partial charge in [-0.3, -0.25) is 4.57 Å². The van der Waals surface area contributed by atoms with E-state index in [1.165, 1.54) is 110 Å². The summed E-state index contributed by atoms with van der Waals surface area (Å²) in [5.41, 5.74) is 16.7. The molecular weight excluding hydrogens is 737 g/mol. The van der Waals surface area contributed by atoms with Crippen LogP contribution in [0.15, 0.2) is 174 Å². The van der Waals surface area contributed by atoms with Crippen LogP contribution in [0.2, 0.25) is 0 Å². The minimum absolute atomic E-state index is 0.104. The summed E-state index contributed by atoms with van der Waals surface area (Å²) in [5, 5.41) is 10.3. The molecule has 2 unspecified atom stereocenters. The number of allylic oxidation sites excluding steroid dienone is 5. The van der Waals surface area contributed by atoms with Crippen molar-refractivity contribution in [3.63, 3.8) is 0 Å². The molecule has 0 saturated heterocycles. The number of aromatic nitrogens is 1. The van der Waals surface area contributed by atoms with Gasteiger partial charge in [-0.25, -0.2) is 4.99 Å². The Balaban J connectivity index is 1.15. The van der Waals surface area contributed by atoms with E-state index in [4.69, 9.17) is 4.99 Å². The molecule has 13 rings (SSSR count). The second-order valence-electron chi connectivity index (χ2n) is 18.9. The maximum atomic E-state index is 5.99.